The fourth-order valence-corrected chi connectivity index (χ4v) is 2.33. The van der Waals surface area contributed by atoms with Crippen molar-refractivity contribution in [1.82, 2.24) is 0 Å². The Morgan fingerprint density at radius 2 is 1.94 bits per heavy atom. The Hall–Kier alpha value is -0.303. The van der Waals surface area contributed by atoms with Crippen molar-refractivity contribution < 1.29 is 9.16 Å². The van der Waals surface area contributed by atoms with Crippen LogP contribution in [0.2, 0.25) is 18.1 Å². The van der Waals surface area contributed by atoms with Crippen molar-refractivity contribution in [3.63, 3.8) is 0 Å². The van der Waals surface area contributed by atoms with E-state index in [2.05, 4.69) is 59.6 Å². The van der Waals surface area contributed by atoms with Crippen molar-refractivity contribution in [3.05, 3.63) is 0 Å². The average Bonchev–Trinajstić information content (AvgIpc) is 2.83. The predicted octanol–water partition coefficient (Wildman–Crippen LogP) is 3.58. The number of rotatable bonds is 3. The van der Waals surface area contributed by atoms with E-state index in [1.165, 1.54) is 0 Å². The lowest BCUT2D eigenvalue weighted by Gasteiger charge is -2.36. The monoisotopic (exact) mass is 254 g/mol. The second-order valence-corrected chi connectivity index (χ2v) is 11.2. The van der Waals surface area contributed by atoms with Crippen LogP contribution in [0, 0.1) is 11.8 Å². The minimum Gasteiger partial charge on any atom is -0.414 e. The molecule has 0 spiro atoms. The largest absolute Gasteiger partial charge is 0.414 e. The van der Waals surface area contributed by atoms with Crippen LogP contribution >= 0.6 is 0 Å². The molecule has 2 atom stereocenters. The molecule has 0 aromatic rings. The Kier molecular flexibility index (Phi) is 4.13. The molecule has 0 amide bonds. The Morgan fingerprint density at radius 3 is 2.41 bits per heavy atom. The van der Waals surface area contributed by atoms with E-state index in [0.29, 0.717) is 6.61 Å². The highest BCUT2D eigenvalue weighted by Gasteiger charge is 2.52. The molecule has 0 saturated carbocycles. The zero-order valence-corrected chi connectivity index (χ0v) is 13.3. The van der Waals surface area contributed by atoms with Crippen LogP contribution in [0.15, 0.2) is 0 Å². The second-order valence-electron chi connectivity index (χ2n) is 6.44. The van der Waals surface area contributed by atoms with Gasteiger partial charge in [-0.05, 0) is 25.1 Å². The van der Waals surface area contributed by atoms with Crippen molar-refractivity contribution >= 4 is 8.32 Å². The molecule has 0 aromatic carbocycles. The van der Waals surface area contributed by atoms with Crippen molar-refractivity contribution in [2.75, 3.05) is 6.61 Å². The van der Waals surface area contributed by atoms with E-state index < -0.39 is 8.32 Å². The Bertz CT molecular complexity index is 332. The smallest absolute Gasteiger partial charge is 0.192 e. The summed E-state index contributed by atoms with van der Waals surface area (Å²) in [5.41, 5.74) is -0.252. The van der Waals surface area contributed by atoms with E-state index >= 15 is 0 Å². The molecule has 1 fully saturated rings. The molecule has 0 radical (unpaired) electrons. The molecule has 3 heteroatoms. The normalized spacial score (nSPS) is 28.5. The molecule has 2 nitrogen and oxygen atoms in total. The Morgan fingerprint density at radius 1 is 1.35 bits per heavy atom. The first-order valence-electron chi connectivity index (χ1n) is 6.44. The minimum atomic E-state index is -1.65. The van der Waals surface area contributed by atoms with Crippen LogP contribution in [0.1, 0.15) is 41.0 Å². The first-order valence-corrected chi connectivity index (χ1v) is 9.35. The molecule has 1 rings (SSSR count). The topological polar surface area (TPSA) is 21.8 Å². The number of ether oxygens (including phenoxy) is 1. The summed E-state index contributed by atoms with van der Waals surface area (Å²) in [6.07, 6.45) is 1.05. The van der Waals surface area contributed by atoms with Gasteiger partial charge in [-0.25, -0.2) is 0 Å². The first kappa shape index (κ1) is 14.8. The SMILES string of the molecule is CCC#C[C@@]1(C)O[C@@H]1CO[Si](C)(C)C(C)(C)C. The molecule has 0 N–H and O–H groups in total. The van der Waals surface area contributed by atoms with E-state index in [0.717, 1.165) is 6.42 Å². The van der Waals surface area contributed by atoms with Crippen LogP contribution in [0.4, 0.5) is 0 Å². The molecule has 1 saturated heterocycles. The van der Waals surface area contributed by atoms with E-state index in [4.69, 9.17) is 9.16 Å². The molecule has 0 bridgehead atoms. The lowest BCUT2D eigenvalue weighted by molar-refractivity contribution is 0.240. The van der Waals surface area contributed by atoms with Crippen LogP contribution < -0.4 is 0 Å². The highest BCUT2D eigenvalue weighted by atomic mass is 28.4. The molecule has 1 aliphatic heterocycles. The molecule has 0 aliphatic carbocycles. The van der Waals surface area contributed by atoms with Crippen molar-refractivity contribution in [2.24, 2.45) is 0 Å². The quantitative estimate of drug-likeness (QED) is 0.436. The third-order valence-corrected chi connectivity index (χ3v) is 8.36. The maximum absolute atomic E-state index is 6.14. The number of epoxide rings is 1. The van der Waals surface area contributed by atoms with Gasteiger partial charge in [0.05, 0.1) is 6.61 Å². The van der Waals surface area contributed by atoms with Gasteiger partial charge in [-0.3, -0.25) is 0 Å². The van der Waals surface area contributed by atoms with Gasteiger partial charge in [-0.15, -0.1) is 5.92 Å². The minimum absolute atomic E-state index is 0.163. The molecule has 1 aliphatic rings. The molecule has 1 heterocycles. The van der Waals surface area contributed by atoms with Gasteiger partial charge in [0.2, 0.25) is 0 Å². The van der Waals surface area contributed by atoms with Gasteiger partial charge in [0.25, 0.3) is 0 Å². The molecule has 0 aromatic heterocycles. The van der Waals surface area contributed by atoms with Gasteiger partial charge < -0.3 is 9.16 Å². The highest BCUT2D eigenvalue weighted by molar-refractivity contribution is 6.74. The predicted molar refractivity (Wildman–Crippen MR) is 74.5 cm³/mol. The van der Waals surface area contributed by atoms with E-state index in [9.17, 15) is 0 Å². The van der Waals surface area contributed by atoms with Crippen molar-refractivity contribution in [3.8, 4) is 11.8 Å². The Labute approximate surface area is 107 Å². The van der Waals surface area contributed by atoms with Gasteiger partial charge in [0, 0.05) is 6.42 Å². The molecular weight excluding hydrogens is 228 g/mol. The third-order valence-electron chi connectivity index (χ3n) is 3.86. The molecular formula is C14H26O2Si. The van der Waals surface area contributed by atoms with Crippen LogP contribution in [0.5, 0.6) is 0 Å². The standard InChI is InChI=1S/C14H26O2Si/c1-8-9-10-14(5)12(16-14)11-15-17(6,7)13(2,3)4/h12H,8,11H2,1-7H3/t12-,14-/m1/s1. The van der Waals surface area contributed by atoms with Gasteiger partial charge in [-0.2, -0.15) is 0 Å². The second kappa shape index (κ2) is 4.76. The van der Waals surface area contributed by atoms with Crippen LogP contribution in [-0.4, -0.2) is 26.6 Å². The lowest BCUT2D eigenvalue weighted by atomic mass is 10.1. The zero-order chi connectivity index (χ0) is 13.3. The third kappa shape index (κ3) is 3.58. The summed E-state index contributed by atoms with van der Waals surface area (Å²) >= 11 is 0. The summed E-state index contributed by atoms with van der Waals surface area (Å²) in [5, 5.41) is 0.257. The van der Waals surface area contributed by atoms with E-state index in [1.54, 1.807) is 0 Å². The lowest BCUT2D eigenvalue weighted by Crippen LogP contribution is -2.42. The summed E-state index contributed by atoms with van der Waals surface area (Å²) < 4.78 is 11.8. The highest BCUT2D eigenvalue weighted by Crippen LogP contribution is 2.40. The molecule has 0 unspecified atom stereocenters. The molecule has 17 heavy (non-hydrogen) atoms. The maximum Gasteiger partial charge on any atom is 0.192 e. The summed E-state index contributed by atoms with van der Waals surface area (Å²) in [4.78, 5) is 0. The fraction of sp³-hybridized carbons (Fsp3) is 0.857. The van der Waals surface area contributed by atoms with Crippen LogP contribution in [0.25, 0.3) is 0 Å². The number of hydrogen-bond acceptors (Lipinski definition) is 2. The summed E-state index contributed by atoms with van der Waals surface area (Å²) in [7, 11) is -1.65. The van der Waals surface area contributed by atoms with Gasteiger partial charge >= 0.3 is 0 Å². The van der Waals surface area contributed by atoms with E-state index in [-0.39, 0.29) is 16.7 Å². The van der Waals surface area contributed by atoms with Crippen LogP contribution in [-0.2, 0) is 9.16 Å². The zero-order valence-electron chi connectivity index (χ0n) is 12.3. The summed E-state index contributed by atoms with van der Waals surface area (Å²) in [5.74, 6) is 6.26. The summed E-state index contributed by atoms with van der Waals surface area (Å²) in [6.45, 7) is 16.1. The van der Waals surface area contributed by atoms with Gasteiger partial charge in [0.1, 0.15) is 6.10 Å². The molecule has 98 valence electrons. The van der Waals surface area contributed by atoms with E-state index in [1.807, 2.05) is 0 Å². The fourth-order valence-electron chi connectivity index (χ4n) is 1.33. The maximum atomic E-state index is 6.14. The van der Waals surface area contributed by atoms with Gasteiger partial charge in [0.15, 0.2) is 13.9 Å². The van der Waals surface area contributed by atoms with Gasteiger partial charge in [-0.1, -0.05) is 33.6 Å². The van der Waals surface area contributed by atoms with Crippen LogP contribution in [0.3, 0.4) is 0 Å². The first-order chi connectivity index (χ1) is 7.62. The number of hydrogen-bond donors (Lipinski definition) is 0. The Balaban J connectivity index is 2.45. The summed E-state index contributed by atoms with van der Waals surface area (Å²) in [6, 6.07) is 0. The van der Waals surface area contributed by atoms with Crippen molar-refractivity contribution in [2.45, 2.75) is 70.9 Å². The van der Waals surface area contributed by atoms with Crippen molar-refractivity contribution in [1.29, 1.82) is 0 Å². The average molecular weight is 254 g/mol.